The third kappa shape index (κ3) is 4.32. The first-order valence-corrected chi connectivity index (χ1v) is 7.76. The Kier molecular flexibility index (Phi) is 5.24. The summed E-state index contributed by atoms with van der Waals surface area (Å²) in [5.74, 6) is -0.114. The third-order valence-corrected chi connectivity index (χ3v) is 3.90. The lowest BCUT2D eigenvalue weighted by Crippen LogP contribution is -2.44. The van der Waals surface area contributed by atoms with Crippen LogP contribution in [0.25, 0.3) is 0 Å². The molecule has 0 bridgehead atoms. The van der Waals surface area contributed by atoms with Crippen LogP contribution >= 0.6 is 11.6 Å². The Morgan fingerprint density at radius 2 is 2.05 bits per heavy atom. The summed E-state index contributed by atoms with van der Waals surface area (Å²) in [5, 5.41) is 0.740. The van der Waals surface area contributed by atoms with E-state index in [-0.39, 0.29) is 17.4 Å². The number of pyridine rings is 1. The van der Waals surface area contributed by atoms with E-state index in [4.69, 9.17) is 11.6 Å². The maximum Gasteiger partial charge on any atom is 0.417 e. The predicted octanol–water partition coefficient (Wildman–Crippen LogP) is 2.55. The lowest BCUT2D eigenvalue weighted by Gasteiger charge is -2.30. The van der Waals surface area contributed by atoms with Crippen LogP contribution in [0, 0.1) is 0 Å². The molecule has 0 N–H and O–H groups in total. The molecule has 0 unspecified atom stereocenters. The van der Waals surface area contributed by atoms with Crippen molar-refractivity contribution in [3.8, 4) is 0 Å². The van der Waals surface area contributed by atoms with Crippen molar-refractivity contribution in [3.05, 3.63) is 35.5 Å². The fraction of sp³-hybridized carbons (Fsp3) is 0.364. The normalized spacial score (nSPS) is 12.5. The van der Waals surface area contributed by atoms with Gasteiger partial charge in [0.2, 0.25) is 10.0 Å². The molecule has 0 radical (unpaired) electrons. The fourth-order valence-electron chi connectivity index (χ4n) is 1.52. The van der Waals surface area contributed by atoms with Crippen LogP contribution in [-0.2, 0) is 16.2 Å². The van der Waals surface area contributed by atoms with E-state index in [0.717, 1.165) is 15.7 Å². The Morgan fingerprint density at radius 1 is 1.48 bits per heavy atom. The second-order valence-corrected chi connectivity index (χ2v) is 6.40. The van der Waals surface area contributed by atoms with Crippen molar-refractivity contribution in [2.75, 3.05) is 24.9 Å². The minimum Gasteiger partial charge on any atom is -0.277 e. The molecule has 118 valence electrons. The number of nitrogens with zero attached hydrogens (tertiary/aromatic N) is 3. The van der Waals surface area contributed by atoms with Crippen LogP contribution in [0.5, 0.6) is 0 Å². The Morgan fingerprint density at radius 3 is 2.43 bits per heavy atom. The van der Waals surface area contributed by atoms with Crippen molar-refractivity contribution >= 4 is 27.4 Å². The topological polar surface area (TPSA) is 53.5 Å². The van der Waals surface area contributed by atoms with Gasteiger partial charge < -0.3 is 0 Å². The Balaban J connectivity index is 3.24. The second kappa shape index (κ2) is 6.20. The molecule has 0 amide bonds. The van der Waals surface area contributed by atoms with Gasteiger partial charge in [-0.15, -0.1) is 11.0 Å². The maximum absolute atomic E-state index is 12.5. The van der Waals surface area contributed by atoms with Crippen LogP contribution in [0.4, 0.5) is 19.0 Å². The van der Waals surface area contributed by atoms with Gasteiger partial charge in [0.05, 0.1) is 23.4 Å². The lowest BCUT2D eigenvalue weighted by molar-refractivity contribution is -0.137. The number of aromatic nitrogens is 1. The van der Waals surface area contributed by atoms with Gasteiger partial charge in [0.1, 0.15) is 0 Å². The molecule has 1 rings (SSSR count). The first-order valence-electron chi connectivity index (χ1n) is 5.53. The highest BCUT2D eigenvalue weighted by Crippen LogP contribution is 2.33. The van der Waals surface area contributed by atoms with Gasteiger partial charge in [0, 0.05) is 13.2 Å². The molecule has 0 aliphatic heterocycles. The summed E-state index contributed by atoms with van der Waals surface area (Å²) in [5.41, 5.74) is -1.01. The average Bonchev–Trinajstić information content (AvgIpc) is 2.32. The largest absolute Gasteiger partial charge is 0.417 e. The molecule has 0 saturated heterocycles. The number of halogens is 4. The van der Waals surface area contributed by atoms with Crippen molar-refractivity contribution in [3.63, 3.8) is 0 Å². The molecule has 10 heteroatoms. The van der Waals surface area contributed by atoms with E-state index in [2.05, 4.69) is 11.6 Å². The molecule has 5 nitrogen and oxygen atoms in total. The quantitative estimate of drug-likeness (QED) is 0.609. The van der Waals surface area contributed by atoms with E-state index in [1.54, 1.807) is 0 Å². The number of anilines is 1. The minimum atomic E-state index is -4.58. The maximum atomic E-state index is 12.5. The first-order chi connectivity index (χ1) is 9.48. The third-order valence-electron chi connectivity index (χ3n) is 2.46. The monoisotopic (exact) mass is 343 g/mol. The van der Waals surface area contributed by atoms with Gasteiger partial charge in [-0.2, -0.15) is 13.2 Å². The van der Waals surface area contributed by atoms with Crippen molar-refractivity contribution < 1.29 is 21.6 Å². The molecule has 0 aliphatic rings. The zero-order valence-electron chi connectivity index (χ0n) is 11.2. The molecule has 0 saturated carbocycles. The number of hydrogen-bond donors (Lipinski definition) is 0. The fourth-order valence-corrected chi connectivity index (χ4v) is 2.71. The van der Waals surface area contributed by atoms with Crippen LogP contribution in [-0.4, -0.2) is 37.7 Å². The summed E-state index contributed by atoms with van der Waals surface area (Å²) in [6.07, 6.45) is -1.71. The predicted molar refractivity (Wildman–Crippen MR) is 74.4 cm³/mol. The molecule has 0 fully saturated rings. The van der Waals surface area contributed by atoms with Crippen molar-refractivity contribution in [2.45, 2.75) is 6.18 Å². The average molecular weight is 344 g/mol. The summed E-state index contributed by atoms with van der Waals surface area (Å²) < 4.78 is 61.8. The van der Waals surface area contributed by atoms with Gasteiger partial charge in [-0.3, -0.25) is 5.01 Å². The van der Waals surface area contributed by atoms with E-state index in [9.17, 15) is 21.6 Å². The van der Waals surface area contributed by atoms with Gasteiger partial charge in [0.25, 0.3) is 0 Å². The molecule has 0 atom stereocenters. The Bertz CT molecular complexity index is 634. The van der Waals surface area contributed by atoms with Gasteiger partial charge in [0.15, 0.2) is 5.82 Å². The van der Waals surface area contributed by atoms with Gasteiger partial charge in [-0.05, 0) is 6.07 Å². The molecular formula is C11H13ClF3N3O2S. The van der Waals surface area contributed by atoms with E-state index in [0.29, 0.717) is 12.3 Å². The molecule has 0 spiro atoms. The van der Waals surface area contributed by atoms with E-state index in [1.807, 2.05) is 0 Å². The molecule has 1 aromatic rings. The van der Waals surface area contributed by atoms with Crippen molar-refractivity contribution in [1.29, 1.82) is 0 Å². The van der Waals surface area contributed by atoms with E-state index < -0.39 is 21.8 Å². The molecule has 1 aromatic heterocycles. The highest BCUT2D eigenvalue weighted by Gasteiger charge is 2.32. The molecule has 0 aliphatic carbocycles. The first kappa shape index (κ1) is 17.7. The Hall–Kier alpha value is -1.32. The summed E-state index contributed by atoms with van der Waals surface area (Å²) in [6.45, 7) is 3.35. The van der Waals surface area contributed by atoms with Crippen molar-refractivity contribution in [1.82, 2.24) is 9.40 Å². The van der Waals surface area contributed by atoms with Gasteiger partial charge in [-0.25, -0.2) is 13.4 Å². The second-order valence-electron chi connectivity index (χ2n) is 4.11. The van der Waals surface area contributed by atoms with Crippen molar-refractivity contribution in [2.24, 2.45) is 0 Å². The van der Waals surface area contributed by atoms with Crippen LogP contribution in [0.2, 0.25) is 5.02 Å². The zero-order chi connectivity index (χ0) is 16.4. The van der Waals surface area contributed by atoms with Gasteiger partial charge >= 0.3 is 6.18 Å². The number of sulfonamides is 1. The van der Waals surface area contributed by atoms with E-state index in [1.165, 1.54) is 13.1 Å². The summed E-state index contributed by atoms with van der Waals surface area (Å²) >= 11 is 5.77. The molecular weight excluding hydrogens is 331 g/mol. The van der Waals surface area contributed by atoms with Crippen LogP contribution < -0.4 is 5.01 Å². The van der Waals surface area contributed by atoms with E-state index >= 15 is 0 Å². The summed E-state index contributed by atoms with van der Waals surface area (Å²) in [7, 11) is -2.34. The highest BCUT2D eigenvalue weighted by atomic mass is 35.5. The minimum absolute atomic E-state index is 0.0750. The number of hydrogen-bond acceptors (Lipinski definition) is 4. The van der Waals surface area contributed by atoms with Crippen LogP contribution in [0.15, 0.2) is 24.9 Å². The Labute approximate surface area is 125 Å². The standard InChI is InChI=1S/C11H13ClF3N3O2S/c1-4-5-18(21(3,19)20)17(2)10-9(12)6-8(7-16-10)11(13,14)15/h4,6-7H,1,5H2,2-3H3. The number of alkyl halides is 3. The molecule has 0 aromatic carbocycles. The SMILES string of the molecule is C=CCN(N(C)c1ncc(C(F)(F)F)cc1Cl)S(C)(=O)=O. The summed E-state index contributed by atoms with van der Waals surface area (Å²) in [6, 6.07) is 0.689. The van der Waals surface area contributed by atoms with Gasteiger partial charge in [-0.1, -0.05) is 17.7 Å². The molecule has 21 heavy (non-hydrogen) atoms. The molecule has 1 heterocycles. The van der Waals surface area contributed by atoms with Crippen LogP contribution in [0.1, 0.15) is 5.56 Å². The highest BCUT2D eigenvalue weighted by molar-refractivity contribution is 7.88. The summed E-state index contributed by atoms with van der Waals surface area (Å²) in [4.78, 5) is 3.59. The smallest absolute Gasteiger partial charge is 0.277 e. The number of hydrazine groups is 1. The number of rotatable bonds is 5. The zero-order valence-corrected chi connectivity index (χ0v) is 12.8. The lowest BCUT2D eigenvalue weighted by atomic mass is 10.3. The van der Waals surface area contributed by atoms with Crippen LogP contribution in [0.3, 0.4) is 0 Å².